The fourth-order valence-electron chi connectivity index (χ4n) is 2.46. The number of fused-ring (bicyclic) bond motifs is 1. The van der Waals surface area contributed by atoms with Crippen molar-refractivity contribution in [3.8, 4) is 0 Å². The van der Waals surface area contributed by atoms with E-state index in [4.69, 9.17) is 0 Å². The Bertz CT molecular complexity index is 970. The molecule has 3 heterocycles. The molecule has 0 saturated carbocycles. The van der Waals surface area contributed by atoms with Crippen molar-refractivity contribution >= 4 is 23.0 Å². The van der Waals surface area contributed by atoms with E-state index in [2.05, 4.69) is 20.4 Å². The highest BCUT2D eigenvalue weighted by atomic mass is 16.1. The molecule has 0 aliphatic carbocycles. The maximum absolute atomic E-state index is 12.2. The maximum Gasteiger partial charge on any atom is 0.256 e. The number of amides is 1. The van der Waals surface area contributed by atoms with Crippen LogP contribution in [-0.4, -0.2) is 25.7 Å². The SMILES string of the molecule is CC(C)n1ncc2cc(C=CC(=O)NCc3cccnc3)c(=O)[nH]c21. The predicted molar refractivity (Wildman–Crippen MR) is 95.9 cm³/mol. The summed E-state index contributed by atoms with van der Waals surface area (Å²) < 4.78 is 1.75. The molecule has 3 aromatic heterocycles. The Labute approximate surface area is 144 Å². The number of carbonyl (C=O) groups excluding carboxylic acids is 1. The van der Waals surface area contributed by atoms with Crippen molar-refractivity contribution in [3.63, 3.8) is 0 Å². The Morgan fingerprint density at radius 2 is 2.24 bits per heavy atom. The zero-order valence-corrected chi connectivity index (χ0v) is 14.1. The highest BCUT2D eigenvalue weighted by Crippen LogP contribution is 2.15. The smallest absolute Gasteiger partial charge is 0.256 e. The molecule has 0 aliphatic rings. The highest BCUT2D eigenvalue weighted by molar-refractivity contribution is 5.92. The number of nitrogens with one attached hydrogen (secondary N) is 2. The molecule has 2 N–H and O–H groups in total. The van der Waals surface area contributed by atoms with Crippen LogP contribution in [-0.2, 0) is 11.3 Å². The highest BCUT2D eigenvalue weighted by Gasteiger charge is 2.08. The van der Waals surface area contributed by atoms with Gasteiger partial charge in [0.25, 0.3) is 5.56 Å². The number of rotatable bonds is 5. The van der Waals surface area contributed by atoms with E-state index in [1.54, 1.807) is 29.3 Å². The number of hydrogen-bond donors (Lipinski definition) is 2. The molecule has 0 fully saturated rings. The number of pyridine rings is 2. The molecule has 0 unspecified atom stereocenters. The van der Waals surface area contributed by atoms with Crippen LogP contribution in [0, 0.1) is 0 Å². The Balaban J connectivity index is 1.73. The lowest BCUT2D eigenvalue weighted by Gasteiger charge is -2.06. The van der Waals surface area contributed by atoms with Crippen LogP contribution in [0.25, 0.3) is 17.1 Å². The van der Waals surface area contributed by atoms with E-state index < -0.39 is 0 Å². The molecule has 0 saturated heterocycles. The van der Waals surface area contributed by atoms with Crippen molar-refractivity contribution in [1.29, 1.82) is 0 Å². The van der Waals surface area contributed by atoms with Gasteiger partial charge in [-0.05, 0) is 37.6 Å². The van der Waals surface area contributed by atoms with E-state index in [1.165, 1.54) is 12.2 Å². The standard InChI is InChI=1S/C18H19N5O2/c1-12(2)23-17-15(11-21-23)8-14(18(25)22-17)5-6-16(24)20-10-13-4-3-7-19-9-13/h3-9,11-12H,10H2,1-2H3,(H,20,24)(H,22,25). The minimum absolute atomic E-state index is 0.146. The van der Waals surface area contributed by atoms with Crippen LogP contribution in [0.15, 0.2) is 47.7 Å². The summed E-state index contributed by atoms with van der Waals surface area (Å²) in [5.74, 6) is -0.277. The molecule has 0 radical (unpaired) electrons. The van der Waals surface area contributed by atoms with Gasteiger partial charge in [0.05, 0.1) is 6.20 Å². The van der Waals surface area contributed by atoms with E-state index in [0.717, 1.165) is 10.9 Å². The summed E-state index contributed by atoms with van der Waals surface area (Å²) in [7, 11) is 0. The second-order valence-electron chi connectivity index (χ2n) is 5.95. The Kier molecular flexibility index (Phi) is 4.74. The van der Waals surface area contributed by atoms with Crippen molar-refractivity contribution in [3.05, 3.63) is 64.3 Å². The van der Waals surface area contributed by atoms with Crippen LogP contribution in [0.1, 0.15) is 31.0 Å². The molecule has 0 bridgehead atoms. The molecule has 0 aromatic carbocycles. The average Bonchev–Trinajstić information content (AvgIpc) is 3.01. The molecule has 0 aliphatic heterocycles. The molecule has 0 spiro atoms. The van der Waals surface area contributed by atoms with Crippen LogP contribution in [0.3, 0.4) is 0 Å². The number of H-pyrrole nitrogens is 1. The third-order valence-electron chi connectivity index (χ3n) is 3.72. The number of aromatic nitrogens is 4. The van der Waals surface area contributed by atoms with Gasteiger partial charge < -0.3 is 10.3 Å². The van der Waals surface area contributed by atoms with Crippen molar-refractivity contribution < 1.29 is 4.79 Å². The lowest BCUT2D eigenvalue weighted by atomic mass is 10.2. The molecular weight excluding hydrogens is 318 g/mol. The molecule has 0 atom stereocenters. The fraction of sp³-hybridized carbons (Fsp3) is 0.222. The first-order valence-corrected chi connectivity index (χ1v) is 8.00. The summed E-state index contributed by atoms with van der Waals surface area (Å²) >= 11 is 0. The molecule has 3 aromatic rings. The third kappa shape index (κ3) is 3.82. The first-order chi connectivity index (χ1) is 12.0. The number of aromatic amines is 1. The summed E-state index contributed by atoms with van der Waals surface area (Å²) in [4.78, 5) is 30.9. The summed E-state index contributed by atoms with van der Waals surface area (Å²) in [6, 6.07) is 5.56. The maximum atomic E-state index is 12.2. The zero-order valence-electron chi connectivity index (χ0n) is 14.1. The monoisotopic (exact) mass is 337 g/mol. The van der Waals surface area contributed by atoms with Crippen LogP contribution in [0.2, 0.25) is 0 Å². The van der Waals surface area contributed by atoms with Crippen LogP contribution in [0.4, 0.5) is 0 Å². The molecule has 25 heavy (non-hydrogen) atoms. The van der Waals surface area contributed by atoms with Crippen LogP contribution >= 0.6 is 0 Å². The molecule has 7 heteroatoms. The first kappa shape index (κ1) is 16.6. The van der Waals surface area contributed by atoms with Gasteiger partial charge in [-0.2, -0.15) is 5.10 Å². The van der Waals surface area contributed by atoms with E-state index in [9.17, 15) is 9.59 Å². The molecule has 1 amide bonds. The van der Waals surface area contributed by atoms with Crippen molar-refractivity contribution in [1.82, 2.24) is 25.1 Å². The van der Waals surface area contributed by atoms with Gasteiger partial charge in [0, 0.05) is 42.0 Å². The minimum atomic E-state index is -0.277. The zero-order chi connectivity index (χ0) is 17.8. The second kappa shape index (κ2) is 7.12. The molecule has 3 rings (SSSR count). The van der Waals surface area contributed by atoms with E-state index >= 15 is 0 Å². The quantitative estimate of drug-likeness (QED) is 0.697. The first-order valence-electron chi connectivity index (χ1n) is 8.00. The molecule has 128 valence electrons. The third-order valence-corrected chi connectivity index (χ3v) is 3.72. The topological polar surface area (TPSA) is 92.7 Å². The van der Waals surface area contributed by atoms with Gasteiger partial charge in [0.1, 0.15) is 5.65 Å². The lowest BCUT2D eigenvalue weighted by molar-refractivity contribution is -0.116. The Hall–Kier alpha value is -3.22. The lowest BCUT2D eigenvalue weighted by Crippen LogP contribution is -2.20. The summed E-state index contributed by atoms with van der Waals surface area (Å²) in [5, 5.41) is 7.85. The number of hydrogen-bond acceptors (Lipinski definition) is 4. The van der Waals surface area contributed by atoms with Gasteiger partial charge in [-0.25, -0.2) is 4.68 Å². The fourth-order valence-corrected chi connectivity index (χ4v) is 2.46. The predicted octanol–water partition coefficient (Wildman–Crippen LogP) is 2.03. The van der Waals surface area contributed by atoms with Crippen LogP contribution in [0.5, 0.6) is 0 Å². The van der Waals surface area contributed by atoms with Gasteiger partial charge >= 0.3 is 0 Å². The average molecular weight is 337 g/mol. The second-order valence-corrected chi connectivity index (χ2v) is 5.95. The normalized spacial score (nSPS) is 11.5. The van der Waals surface area contributed by atoms with Gasteiger partial charge in [-0.15, -0.1) is 0 Å². The van der Waals surface area contributed by atoms with Gasteiger partial charge in [0.2, 0.25) is 5.91 Å². The van der Waals surface area contributed by atoms with Crippen molar-refractivity contribution in [2.75, 3.05) is 0 Å². The molecular formula is C18H19N5O2. The van der Waals surface area contributed by atoms with Crippen molar-refractivity contribution in [2.24, 2.45) is 0 Å². The Morgan fingerprint density at radius 3 is 2.96 bits per heavy atom. The van der Waals surface area contributed by atoms with Crippen molar-refractivity contribution in [2.45, 2.75) is 26.4 Å². The van der Waals surface area contributed by atoms with Gasteiger partial charge in [-0.3, -0.25) is 14.6 Å². The summed E-state index contributed by atoms with van der Waals surface area (Å²) in [6.07, 6.45) is 7.92. The van der Waals surface area contributed by atoms with E-state index in [1.807, 2.05) is 26.0 Å². The molecule has 7 nitrogen and oxygen atoms in total. The van der Waals surface area contributed by atoms with Gasteiger partial charge in [0.15, 0.2) is 0 Å². The van der Waals surface area contributed by atoms with E-state index in [-0.39, 0.29) is 17.5 Å². The van der Waals surface area contributed by atoms with E-state index in [0.29, 0.717) is 17.8 Å². The van der Waals surface area contributed by atoms with Gasteiger partial charge in [-0.1, -0.05) is 6.07 Å². The summed E-state index contributed by atoms with van der Waals surface area (Å²) in [6.45, 7) is 4.36. The number of nitrogens with zero attached hydrogens (tertiary/aromatic N) is 3. The summed E-state index contributed by atoms with van der Waals surface area (Å²) in [5.41, 5.74) is 1.74. The Morgan fingerprint density at radius 1 is 1.40 bits per heavy atom. The largest absolute Gasteiger partial charge is 0.348 e. The minimum Gasteiger partial charge on any atom is -0.348 e. The number of carbonyl (C=O) groups is 1. The van der Waals surface area contributed by atoms with Crippen LogP contribution < -0.4 is 10.9 Å².